The van der Waals surface area contributed by atoms with Gasteiger partial charge in [0.05, 0.1) is 7.11 Å². The van der Waals surface area contributed by atoms with E-state index in [1.807, 2.05) is 49.4 Å². The zero-order valence-corrected chi connectivity index (χ0v) is 11.5. The van der Waals surface area contributed by atoms with Crippen LogP contribution >= 0.6 is 0 Å². The molecule has 2 aromatic carbocycles. The van der Waals surface area contributed by atoms with Gasteiger partial charge in [0.15, 0.2) is 6.04 Å². The number of aryl methyl sites for hydroxylation is 1. The lowest BCUT2D eigenvalue weighted by atomic mass is 10.0. The van der Waals surface area contributed by atoms with Gasteiger partial charge in [-0.2, -0.15) is 0 Å². The number of carboxylic acids is 1. The molecule has 0 heterocycles. The van der Waals surface area contributed by atoms with Crippen molar-refractivity contribution in [3.05, 3.63) is 59.7 Å². The molecule has 2 rings (SSSR count). The van der Waals surface area contributed by atoms with E-state index in [4.69, 9.17) is 4.74 Å². The van der Waals surface area contributed by atoms with Crippen LogP contribution in [0.5, 0.6) is 5.75 Å². The maximum absolute atomic E-state index is 11.4. The predicted molar refractivity (Wildman–Crippen MR) is 78.2 cm³/mol. The first-order valence-electron chi connectivity index (χ1n) is 6.30. The van der Waals surface area contributed by atoms with Crippen molar-refractivity contribution >= 4 is 11.7 Å². The molecule has 2 aromatic rings. The molecule has 4 heteroatoms. The SMILES string of the molecule is COc1cccc(N[C@@H](C(=O)O)c2ccc(C)cc2)c1. The molecule has 0 aliphatic carbocycles. The number of nitrogens with one attached hydrogen (secondary N) is 1. The number of carboxylic acid groups (broad SMARTS) is 1. The van der Waals surface area contributed by atoms with Gasteiger partial charge in [-0.3, -0.25) is 0 Å². The second-order valence-corrected chi connectivity index (χ2v) is 4.56. The molecule has 4 nitrogen and oxygen atoms in total. The maximum atomic E-state index is 11.4. The lowest BCUT2D eigenvalue weighted by Crippen LogP contribution is -2.20. The minimum Gasteiger partial charge on any atom is -0.497 e. The summed E-state index contributed by atoms with van der Waals surface area (Å²) >= 11 is 0. The molecule has 0 spiro atoms. The Balaban J connectivity index is 2.25. The number of hydrogen-bond donors (Lipinski definition) is 2. The summed E-state index contributed by atoms with van der Waals surface area (Å²) in [6.07, 6.45) is 0. The van der Waals surface area contributed by atoms with Crippen molar-refractivity contribution in [3.63, 3.8) is 0 Å². The number of aliphatic carboxylic acids is 1. The molecule has 0 radical (unpaired) electrons. The summed E-state index contributed by atoms with van der Waals surface area (Å²) in [6, 6.07) is 13.9. The first kappa shape index (κ1) is 13.9. The van der Waals surface area contributed by atoms with Gasteiger partial charge in [0.2, 0.25) is 0 Å². The summed E-state index contributed by atoms with van der Waals surface area (Å²) < 4.78 is 5.13. The van der Waals surface area contributed by atoms with E-state index in [1.54, 1.807) is 13.2 Å². The van der Waals surface area contributed by atoms with E-state index in [0.29, 0.717) is 17.0 Å². The number of ether oxygens (including phenoxy) is 1. The molecule has 104 valence electrons. The Bertz CT molecular complexity index is 593. The lowest BCUT2D eigenvalue weighted by Gasteiger charge is -2.17. The van der Waals surface area contributed by atoms with Crippen LogP contribution in [0.15, 0.2) is 48.5 Å². The number of hydrogen-bond acceptors (Lipinski definition) is 3. The molecule has 0 fully saturated rings. The Kier molecular flexibility index (Phi) is 4.25. The Morgan fingerprint density at radius 3 is 2.50 bits per heavy atom. The van der Waals surface area contributed by atoms with Gasteiger partial charge in [-0.15, -0.1) is 0 Å². The van der Waals surface area contributed by atoms with Gasteiger partial charge in [-0.05, 0) is 24.6 Å². The Morgan fingerprint density at radius 2 is 1.90 bits per heavy atom. The van der Waals surface area contributed by atoms with Gasteiger partial charge in [-0.25, -0.2) is 4.79 Å². The van der Waals surface area contributed by atoms with Crippen LogP contribution in [0.2, 0.25) is 0 Å². The van der Waals surface area contributed by atoms with Crippen LogP contribution in [0.25, 0.3) is 0 Å². The standard InChI is InChI=1S/C16H17NO3/c1-11-6-8-12(9-7-11)15(16(18)19)17-13-4-3-5-14(10-13)20-2/h3-10,15,17H,1-2H3,(H,18,19)/t15-/m1/s1. The van der Waals surface area contributed by atoms with Gasteiger partial charge in [-0.1, -0.05) is 35.9 Å². The fourth-order valence-electron chi connectivity index (χ4n) is 1.93. The Hall–Kier alpha value is -2.49. The number of benzene rings is 2. The van der Waals surface area contributed by atoms with E-state index in [-0.39, 0.29) is 0 Å². The molecule has 0 saturated carbocycles. The van der Waals surface area contributed by atoms with E-state index in [0.717, 1.165) is 5.56 Å². The van der Waals surface area contributed by atoms with E-state index in [1.165, 1.54) is 0 Å². The molecule has 0 aromatic heterocycles. The molecule has 0 amide bonds. The van der Waals surface area contributed by atoms with E-state index in [2.05, 4.69) is 5.32 Å². The lowest BCUT2D eigenvalue weighted by molar-refractivity contribution is -0.138. The minimum absolute atomic E-state index is 0.683. The van der Waals surface area contributed by atoms with Crippen molar-refractivity contribution in [1.29, 1.82) is 0 Å². The van der Waals surface area contributed by atoms with Gasteiger partial charge >= 0.3 is 5.97 Å². The molecule has 0 saturated heterocycles. The maximum Gasteiger partial charge on any atom is 0.330 e. The molecule has 0 bridgehead atoms. The summed E-state index contributed by atoms with van der Waals surface area (Å²) in [4.78, 5) is 11.4. The second-order valence-electron chi connectivity index (χ2n) is 4.56. The highest BCUT2D eigenvalue weighted by molar-refractivity contribution is 5.79. The number of carbonyl (C=O) groups is 1. The third-order valence-corrected chi connectivity index (χ3v) is 3.04. The van der Waals surface area contributed by atoms with Crippen LogP contribution in [0, 0.1) is 6.92 Å². The average Bonchev–Trinajstić information content (AvgIpc) is 2.46. The number of anilines is 1. The molecular weight excluding hydrogens is 254 g/mol. The van der Waals surface area contributed by atoms with Crippen LogP contribution < -0.4 is 10.1 Å². The normalized spacial score (nSPS) is 11.7. The quantitative estimate of drug-likeness (QED) is 0.876. The van der Waals surface area contributed by atoms with Crippen molar-refractivity contribution in [2.45, 2.75) is 13.0 Å². The van der Waals surface area contributed by atoms with Crippen molar-refractivity contribution in [1.82, 2.24) is 0 Å². The van der Waals surface area contributed by atoms with Crippen molar-refractivity contribution in [2.24, 2.45) is 0 Å². The monoisotopic (exact) mass is 271 g/mol. The fourth-order valence-corrected chi connectivity index (χ4v) is 1.93. The largest absolute Gasteiger partial charge is 0.497 e. The fraction of sp³-hybridized carbons (Fsp3) is 0.188. The third-order valence-electron chi connectivity index (χ3n) is 3.04. The topological polar surface area (TPSA) is 58.6 Å². The highest BCUT2D eigenvalue weighted by atomic mass is 16.5. The first-order chi connectivity index (χ1) is 9.60. The van der Waals surface area contributed by atoms with Gasteiger partial charge in [0.1, 0.15) is 5.75 Å². The highest BCUT2D eigenvalue weighted by Gasteiger charge is 2.19. The summed E-state index contributed by atoms with van der Waals surface area (Å²) in [6.45, 7) is 1.97. The van der Waals surface area contributed by atoms with Crippen LogP contribution in [-0.2, 0) is 4.79 Å². The number of methoxy groups -OCH3 is 1. The van der Waals surface area contributed by atoms with Crippen LogP contribution in [-0.4, -0.2) is 18.2 Å². The van der Waals surface area contributed by atoms with E-state index >= 15 is 0 Å². The summed E-state index contributed by atoms with van der Waals surface area (Å²) in [5.41, 5.74) is 2.52. The molecule has 0 aliphatic heterocycles. The van der Waals surface area contributed by atoms with Crippen molar-refractivity contribution in [2.75, 3.05) is 12.4 Å². The van der Waals surface area contributed by atoms with Crippen LogP contribution in [0.3, 0.4) is 0 Å². The van der Waals surface area contributed by atoms with Crippen molar-refractivity contribution in [3.8, 4) is 5.75 Å². The Labute approximate surface area is 118 Å². The van der Waals surface area contributed by atoms with Crippen molar-refractivity contribution < 1.29 is 14.6 Å². The Morgan fingerprint density at radius 1 is 1.20 bits per heavy atom. The predicted octanol–water partition coefficient (Wildman–Crippen LogP) is 3.24. The number of rotatable bonds is 5. The van der Waals surface area contributed by atoms with Gasteiger partial charge in [0, 0.05) is 11.8 Å². The second kappa shape index (κ2) is 6.10. The van der Waals surface area contributed by atoms with Gasteiger partial charge < -0.3 is 15.2 Å². The molecule has 0 aliphatic rings. The van der Waals surface area contributed by atoms with Gasteiger partial charge in [0.25, 0.3) is 0 Å². The minimum atomic E-state index is -0.920. The molecule has 20 heavy (non-hydrogen) atoms. The highest BCUT2D eigenvalue weighted by Crippen LogP contribution is 2.23. The first-order valence-corrected chi connectivity index (χ1v) is 6.30. The zero-order valence-electron chi connectivity index (χ0n) is 11.5. The van der Waals surface area contributed by atoms with Crippen LogP contribution in [0.1, 0.15) is 17.2 Å². The molecule has 2 N–H and O–H groups in total. The summed E-state index contributed by atoms with van der Waals surface area (Å²) in [5, 5.41) is 12.4. The molecular formula is C16H17NO3. The van der Waals surface area contributed by atoms with E-state index in [9.17, 15) is 9.90 Å². The molecule has 1 atom stereocenters. The average molecular weight is 271 g/mol. The molecule has 0 unspecified atom stereocenters. The smallest absolute Gasteiger partial charge is 0.330 e. The van der Waals surface area contributed by atoms with Crippen LogP contribution in [0.4, 0.5) is 5.69 Å². The third kappa shape index (κ3) is 3.29. The summed E-state index contributed by atoms with van der Waals surface area (Å²) in [5.74, 6) is -0.236. The van der Waals surface area contributed by atoms with E-state index < -0.39 is 12.0 Å². The summed E-state index contributed by atoms with van der Waals surface area (Å²) in [7, 11) is 1.58. The zero-order chi connectivity index (χ0) is 14.5.